The van der Waals surface area contributed by atoms with Gasteiger partial charge in [0, 0.05) is 22.4 Å². The number of halogens is 2. The maximum absolute atomic E-state index is 12.3. The number of hydrogen-bond donors (Lipinski definition) is 2. The molecule has 0 atom stereocenters. The third-order valence-electron chi connectivity index (χ3n) is 3.97. The summed E-state index contributed by atoms with van der Waals surface area (Å²) in [5.74, 6) is 0.167. The van der Waals surface area contributed by atoms with Crippen LogP contribution in [-0.4, -0.2) is 31.7 Å². The summed E-state index contributed by atoms with van der Waals surface area (Å²) in [6.45, 7) is 3.39. The van der Waals surface area contributed by atoms with Crippen molar-refractivity contribution in [1.82, 2.24) is 5.43 Å². The van der Waals surface area contributed by atoms with Crippen molar-refractivity contribution in [1.29, 1.82) is 0 Å². The van der Waals surface area contributed by atoms with Crippen molar-refractivity contribution < 1.29 is 19.1 Å². The molecule has 0 unspecified atom stereocenters. The number of anilines is 1. The number of amides is 2. The molecule has 2 N–H and O–H groups in total. The van der Waals surface area contributed by atoms with Crippen LogP contribution in [-0.2, 0) is 4.79 Å². The fraction of sp³-hybridized carbons (Fsp3) is 0.250. The number of hydrogen-bond acceptors (Lipinski definition) is 5. The molecule has 0 fully saturated rings. The maximum Gasteiger partial charge on any atom is 0.271 e. The van der Waals surface area contributed by atoms with Gasteiger partial charge in [0.05, 0.1) is 31.4 Å². The van der Waals surface area contributed by atoms with Gasteiger partial charge in [0.15, 0.2) is 0 Å². The Morgan fingerprint density at radius 2 is 1.69 bits per heavy atom. The van der Waals surface area contributed by atoms with E-state index in [-0.39, 0.29) is 12.3 Å². The van der Waals surface area contributed by atoms with E-state index < -0.39 is 5.91 Å². The Hall–Kier alpha value is -2.77. The summed E-state index contributed by atoms with van der Waals surface area (Å²) in [4.78, 5) is 24.5. The van der Waals surface area contributed by atoms with Crippen LogP contribution >= 0.6 is 23.2 Å². The highest BCUT2D eigenvalue weighted by atomic mass is 35.5. The van der Waals surface area contributed by atoms with Crippen LogP contribution in [0, 0.1) is 6.92 Å². The SMILES string of the molecule is COc1cc(OC)cc(C(=O)NN=C(C)CC(=O)Nc2ccc(Cl)c(C)c2Cl)c1. The van der Waals surface area contributed by atoms with Crippen LogP contribution in [0.25, 0.3) is 0 Å². The number of methoxy groups -OCH3 is 2. The largest absolute Gasteiger partial charge is 0.497 e. The molecule has 0 aliphatic carbocycles. The van der Waals surface area contributed by atoms with Gasteiger partial charge in [-0.25, -0.2) is 5.43 Å². The van der Waals surface area contributed by atoms with Crippen molar-refractivity contribution in [3.05, 3.63) is 51.5 Å². The molecule has 0 heterocycles. The normalized spacial score (nSPS) is 11.0. The second kappa shape index (κ2) is 10.1. The molecule has 7 nitrogen and oxygen atoms in total. The Balaban J connectivity index is 2.00. The lowest BCUT2D eigenvalue weighted by molar-refractivity contribution is -0.115. The molecule has 2 aromatic rings. The molecule has 0 aromatic heterocycles. The molecule has 2 rings (SSSR count). The fourth-order valence-corrected chi connectivity index (χ4v) is 2.79. The Labute approximate surface area is 179 Å². The molecule has 0 spiro atoms. The van der Waals surface area contributed by atoms with Crippen LogP contribution in [0.5, 0.6) is 11.5 Å². The zero-order valence-electron chi connectivity index (χ0n) is 16.4. The molecule has 29 heavy (non-hydrogen) atoms. The summed E-state index contributed by atoms with van der Waals surface area (Å²) < 4.78 is 10.3. The van der Waals surface area contributed by atoms with Gasteiger partial charge in [-0.15, -0.1) is 0 Å². The van der Waals surface area contributed by atoms with E-state index in [9.17, 15) is 9.59 Å². The minimum absolute atomic E-state index is 0.0281. The quantitative estimate of drug-likeness (QED) is 0.494. The van der Waals surface area contributed by atoms with Crippen molar-refractivity contribution in [3.63, 3.8) is 0 Å². The van der Waals surface area contributed by atoms with Gasteiger partial charge < -0.3 is 14.8 Å². The van der Waals surface area contributed by atoms with Crippen molar-refractivity contribution in [2.45, 2.75) is 20.3 Å². The summed E-state index contributed by atoms with van der Waals surface area (Å²) in [6.07, 6.45) is -0.0281. The van der Waals surface area contributed by atoms with E-state index in [0.29, 0.717) is 44.1 Å². The molecule has 0 aliphatic heterocycles. The standard InChI is InChI=1S/C20H21Cl2N3O4/c1-11(7-18(26)23-17-6-5-16(21)12(2)19(17)22)24-25-20(27)13-8-14(28-3)10-15(9-13)29-4/h5-6,8-10H,7H2,1-4H3,(H,23,26)(H,25,27). The van der Waals surface area contributed by atoms with Gasteiger partial charge in [0.1, 0.15) is 11.5 Å². The average Bonchev–Trinajstić information content (AvgIpc) is 2.71. The Morgan fingerprint density at radius 3 is 2.28 bits per heavy atom. The number of carbonyl (C=O) groups excluding carboxylic acids is 2. The predicted octanol–water partition coefficient (Wildman–Crippen LogP) is 4.45. The maximum atomic E-state index is 12.3. The van der Waals surface area contributed by atoms with Crippen molar-refractivity contribution >= 4 is 46.4 Å². The minimum atomic E-state index is -0.460. The van der Waals surface area contributed by atoms with Crippen molar-refractivity contribution in [2.75, 3.05) is 19.5 Å². The van der Waals surface area contributed by atoms with Crippen molar-refractivity contribution in [3.8, 4) is 11.5 Å². The van der Waals surface area contributed by atoms with Crippen LogP contribution in [0.1, 0.15) is 29.3 Å². The summed E-state index contributed by atoms with van der Waals surface area (Å²) >= 11 is 12.2. The van der Waals surface area contributed by atoms with Crippen LogP contribution in [0.2, 0.25) is 10.0 Å². The minimum Gasteiger partial charge on any atom is -0.497 e. The Morgan fingerprint density at radius 1 is 1.07 bits per heavy atom. The molecule has 0 saturated heterocycles. The molecule has 0 radical (unpaired) electrons. The number of nitrogens with zero attached hydrogens (tertiary/aromatic N) is 1. The molecule has 2 amide bonds. The van der Waals surface area contributed by atoms with Gasteiger partial charge in [0.2, 0.25) is 5.91 Å². The summed E-state index contributed by atoms with van der Waals surface area (Å²) in [7, 11) is 2.98. The van der Waals surface area contributed by atoms with Crippen LogP contribution in [0.15, 0.2) is 35.4 Å². The highest BCUT2D eigenvalue weighted by molar-refractivity contribution is 6.38. The van der Waals surface area contributed by atoms with Crippen LogP contribution < -0.4 is 20.2 Å². The number of ether oxygens (including phenoxy) is 2. The zero-order valence-corrected chi connectivity index (χ0v) is 17.9. The van der Waals surface area contributed by atoms with Crippen LogP contribution in [0.4, 0.5) is 5.69 Å². The number of benzene rings is 2. The molecule has 154 valence electrons. The third kappa shape index (κ3) is 6.10. The summed E-state index contributed by atoms with van der Waals surface area (Å²) in [5, 5.41) is 7.56. The lowest BCUT2D eigenvalue weighted by Crippen LogP contribution is -2.21. The lowest BCUT2D eigenvalue weighted by atomic mass is 10.2. The van der Waals surface area contributed by atoms with Crippen molar-refractivity contribution in [2.24, 2.45) is 5.10 Å². The van der Waals surface area contributed by atoms with E-state index in [1.807, 2.05) is 0 Å². The Bertz CT molecular complexity index is 939. The molecule has 2 aromatic carbocycles. The highest BCUT2D eigenvalue weighted by Gasteiger charge is 2.12. The first-order valence-corrected chi connectivity index (χ1v) is 9.31. The Kier molecular flexibility index (Phi) is 7.87. The first-order valence-electron chi connectivity index (χ1n) is 8.56. The zero-order chi connectivity index (χ0) is 21.6. The van der Waals surface area contributed by atoms with Gasteiger partial charge in [-0.1, -0.05) is 23.2 Å². The van der Waals surface area contributed by atoms with Crippen LogP contribution in [0.3, 0.4) is 0 Å². The first kappa shape index (κ1) is 22.5. The van der Waals surface area contributed by atoms with Gasteiger partial charge in [-0.3, -0.25) is 9.59 Å². The van der Waals surface area contributed by atoms with Gasteiger partial charge in [0.25, 0.3) is 5.91 Å². The fourth-order valence-electron chi connectivity index (χ4n) is 2.37. The average molecular weight is 438 g/mol. The number of carbonyl (C=O) groups is 2. The highest BCUT2D eigenvalue weighted by Crippen LogP contribution is 2.30. The van der Waals surface area contributed by atoms with E-state index in [4.69, 9.17) is 32.7 Å². The molecule has 0 bridgehead atoms. The van der Waals surface area contributed by atoms with Gasteiger partial charge in [-0.2, -0.15) is 5.10 Å². The van der Waals surface area contributed by atoms with E-state index >= 15 is 0 Å². The van der Waals surface area contributed by atoms with E-state index in [1.54, 1.807) is 44.2 Å². The molecular weight excluding hydrogens is 417 g/mol. The van der Waals surface area contributed by atoms with E-state index in [1.165, 1.54) is 14.2 Å². The van der Waals surface area contributed by atoms with Gasteiger partial charge >= 0.3 is 0 Å². The number of hydrazone groups is 1. The van der Waals surface area contributed by atoms with E-state index in [2.05, 4.69) is 15.8 Å². The second-order valence-corrected chi connectivity index (χ2v) is 6.93. The first-order chi connectivity index (χ1) is 13.7. The lowest BCUT2D eigenvalue weighted by Gasteiger charge is -2.10. The number of nitrogens with one attached hydrogen (secondary N) is 2. The second-order valence-electron chi connectivity index (χ2n) is 6.15. The molecular formula is C20H21Cl2N3O4. The van der Waals surface area contributed by atoms with E-state index in [0.717, 1.165) is 0 Å². The third-order valence-corrected chi connectivity index (χ3v) is 4.87. The monoisotopic (exact) mass is 437 g/mol. The smallest absolute Gasteiger partial charge is 0.271 e. The molecule has 0 saturated carbocycles. The predicted molar refractivity (Wildman–Crippen MR) is 115 cm³/mol. The molecule has 0 aliphatic rings. The number of rotatable bonds is 7. The van der Waals surface area contributed by atoms with Gasteiger partial charge in [-0.05, 0) is 43.7 Å². The molecule has 9 heteroatoms. The summed E-state index contributed by atoms with van der Waals surface area (Å²) in [6, 6.07) is 8.04. The topological polar surface area (TPSA) is 89.0 Å². The summed E-state index contributed by atoms with van der Waals surface area (Å²) in [5.41, 5.74) is 4.27.